The van der Waals surface area contributed by atoms with Gasteiger partial charge in [-0.2, -0.15) is 4.98 Å². The smallest absolute Gasteiger partial charge is 0.258 e. The predicted molar refractivity (Wildman–Crippen MR) is 63.1 cm³/mol. The van der Waals surface area contributed by atoms with Gasteiger partial charge >= 0.3 is 0 Å². The molecule has 2 N–H and O–H groups in total. The van der Waals surface area contributed by atoms with E-state index in [0.29, 0.717) is 24.7 Å². The Hall–Kier alpha value is -0.470. The van der Waals surface area contributed by atoms with Gasteiger partial charge in [0.25, 0.3) is 5.89 Å². The van der Waals surface area contributed by atoms with E-state index in [0.717, 1.165) is 5.56 Å². The molecule has 0 atom stereocenters. The van der Waals surface area contributed by atoms with Gasteiger partial charge in [-0.25, -0.2) is 0 Å². The molecule has 0 amide bonds. The van der Waals surface area contributed by atoms with E-state index in [2.05, 4.69) is 32.7 Å². The molecule has 2 aromatic rings. The summed E-state index contributed by atoms with van der Waals surface area (Å²) in [6, 6.07) is 2.02. The van der Waals surface area contributed by atoms with E-state index in [-0.39, 0.29) is 0 Å². The monoisotopic (exact) mass is 321 g/mol. The highest BCUT2D eigenvalue weighted by molar-refractivity contribution is 14.1. The molecule has 0 aromatic carbocycles. The lowest BCUT2D eigenvalue weighted by Gasteiger charge is -1.84. The molecule has 2 aromatic heterocycles. The quantitative estimate of drug-likeness (QED) is 0.877. The molecular weight excluding hydrogens is 313 g/mol. The molecule has 0 aliphatic rings. The minimum absolute atomic E-state index is 0.542. The van der Waals surface area contributed by atoms with Gasteiger partial charge in [-0.15, -0.1) is 11.3 Å². The maximum atomic E-state index is 5.39. The topological polar surface area (TPSA) is 64.9 Å². The first-order valence-corrected chi connectivity index (χ1v) is 6.02. The lowest BCUT2D eigenvalue weighted by molar-refractivity contribution is 0.423. The van der Waals surface area contributed by atoms with E-state index in [1.54, 1.807) is 11.3 Å². The van der Waals surface area contributed by atoms with Gasteiger partial charge in [-0.3, -0.25) is 0 Å². The molecule has 0 saturated carbocycles. The van der Waals surface area contributed by atoms with Crippen molar-refractivity contribution in [1.29, 1.82) is 0 Å². The SMILES string of the molecule is NCCc1noc(-c2csc(I)c2)n1. The van der Waals surface area contributed by atoms with Gasteiger partial charge < -0.3 is 10.3 Å². The summed E-state index contributed by atoms with van der Waals surface area (Å²) < 4.78 is 6.31. The van der Waals surface area contributed by atoms with Gasteiger partial charge in [0.15, 0.2) is 5.82 Å². The number of hydrogen-bond donors (Lipinski definition) is 1. The Morgan fingerprint density at radius 1 is 1.57 bits per heavy atom. The predicted octanol–water partition coefficient (Wildman–Crippen LogP) is 1.90. The van der Waals surface area contributed by atoms with Crippen LogP contribution in [0, 0.1) is 2.88 Å². The number of hydrogen-bond acceptors (Lipinski definition) is 5. The fourth-order valence-electron chi connectivity index (χ4n) is 1.02. The van der Waals surface area contributed by atoms with Crippen molar-refractivity contribution < 1.29 is 4.52 Å². The summed E-state index contributed by atoms with van der Waals surface area (Å²) in [5.41, 5.74) is 6.37. The van der Waals surface area contributed by atoms with Crippen LogP contribution in [0.5, 0.6) is 0 Å². The van der Waals surface area contributed by atoms with Crippen molar-refractivity contribution in [1.82, 2.24) is 10.1 Å². The highest BCUT2D eigenvalue weighted by Crippen LogP contribution is 2.25. The van der Waals surface area contributed by atoms with Crippen LogP contribution in [0.1, 0.15) is 5.82 Å². The van der Waals surface area contributed by atoms with E-state index in [1.807, 2.05) is 11.4 Å². The van der Waals surface area contributed by atoms with Crippen LogP contribution in [0.15, 0.2) is 16.0 Å². The average molecular weight is 321 g/mol. The number of nitrogens with zero attached hydrogens (tertiary/aromatic N) is 2. The molecule has 0 fully saturated rings. The van der Waals surface area contributed by atoms with Gasteiger partial charge in [0.2, 0.25) is 0 Å². The summed E-state index contributed by atoms with van der Waals surface area (Å²) in [5.74, 6) is 1.25. The van der Waals surface area contributed by atoms with E-state index in [1.165, 1.54) is 2.88 Å². The van der Waals surface area contributed by atoms with Gasteiger partial charge in [-0.05, 0) is 35.2 Å². The molecular formula is C8H8IN3OS. The molecule has 4 nitrogen and oxygen atoms in total. The van der Waals surface area contributed by atoms with E-state index < -0.39 is 0 Å². The third kappa shape index (κ3) is 2.12. The van der Waals surface area contributed by atoms with Gasteiger partial charge in [0.1, 0.15) is 0 Å². The standard InChI is InChI=1S/C8H8IN3OS/c9-6-3-5(4-14-6)8-11-7(1-2-10)12-13-8/h3-4H,1-2,10H2. The summed E-state index contributed by atoms with van der Waals surface area (Å²) in [6.45, 7) is 0.542. The van der Waals surface area contributed by atoms with Crippen molar-refractivity contribution in [3.05, 3.63) is 20.2 Å². The highest BCUT2D eigenvalue weighted by atomic mass is 127. The van der Waals surface area contributed by atoms with E-state index in [9.17, 15) is 0 Å². The average Bonchev–Trinajstić information content (AvgIpc) is 2.74. The molecule has 0 saturated heterocycles. The van der Waals surface area contributed by atoms with Crippen LogP contribution in [0.25, 0.3) is 11.5 Å². The van der Waals surface area contributed by atoms with Crippen molar-refractivity contribution in [3.8, 4) is 11.5 Å². The maximum Gasteiger partial charge on any atom is 0.258 e. The first kappa shape index (κ1) is 10.1. The second-order valence-electron chi connectivity index (χ2n) is 2.69. The zero-order valence-electron chi connectivity index (χ0n) is 7.24. The number of nitrogens with two attached hydrogens (primary N) is 1. The van der Waals surface area contributed by atoms with Gasteiger partial charge in [0.05, 0.1) is 8.45 Å². The Morgan fingerprint density at radius 2 is 2.43 bits per heavy atom. The lowest BCUT2D eigenvalue weighted by atomic mass is 10.3. The van der Waals surface area contributed by atoms with Crippen molar-refractivity contribution in [3.63, 3.8) is 0 Å². The third-order valence-electron chi connectivity index (χ3n) is 1.65. The second-order valence-corrected chi connectivity index (χ2v) is 5.50. The van der Waals surface area contributed by atoms with Crippen LogP contribution < -0.4 is 5.73 Å². The third-order valence-corrected chi connectivity index (χ3v) is 3.44. The maximum absolute atomic E-state index is 5.39. The summed E-state index contributed by atoms with van der Waals surface area (Å²) >= 11 is 3.92. The molecule has 0 aliphatic heterocycles. The zero-order valence-corrected chi connectivity index (χ0v) is 10.2. The van der Waals surface area contributed by atoms with Crippen LogP contribution in [0.4, 0.5) is 0 Å². The van der Waals surface area contributed by atoms with Crippen LogP contribution in [-0.4, -0.2) is 16.7 Å². The van der Waals surface area contributed by atoms with Crippen LogP contribution >= 0.6 is 33.9 Å². The summed E-state index contributed by atoms with van der Waals surface area (Å²) in [6.07, 6.45) is 0.657. The van der Waals surface area contributed by atoms with Crippen LogP contribution in [-0.2, 0) is 6.42 Å². The highest BCUT2D eigenvalue weighted by Gasteiger charge is 2.09. The molecule has 0 bridgehead atoms. The summed E-state index contributed by atoms with van der Waals surface area (Å²) in [7, 11) is 0. The first-order valence-electron chi connectivity index (χ1n) is 4.06. The molecule has 2 rings (SSSR count). The van der Waals surface area contributed by atoms with Crippen molar-refractivity contribution in [2.75, 3.05) is 6.54 Å². The Morgan fingerprint density at radius 3 is 3.07 bits per heavy atom. The van der Waals surface area contributed by atoms with Gasteiger partial charge in [0, 0.05) is 11.8 Å². The molecule has 0 aliphatic carbocycles. The fourth-order valence-corrected chi connectivity index (χ4v) is 2.34. The molecule has 0 unspecified atom stereocenters. The van der Waals surface area contributed by atoms with Crippen molar-refractivity contribution >= 4 is 33.9 Å². The van der Waals surface area contributed by atoms with Crippen molar-refractivity contribution in [2.24, 2.45) is 5.73 Å². The number of thiophene rings is 1. The second kappa shape index (κ2) is 4.37. The van der Waals surface area contributed by atoms with Crippen LogP contribution in [0.2, 0.25) is 0 Å². The van der Waals surface area contributed by atoms with E-state index in [4.69, 9.17) is 10.3 Å². The largest absolute Gasteiger partial charge is 0.334 e. The summed E-state index contributed by atoms with van der Waals surface area (Å²) in [5, 5.41) is 5.83. The fraction of sp³-hybridized carbons (Fsp3) is 0.250. The Kier molecular flexibility index (Phi) is 3.14. The van der Waals surface area contributed by atoms with Gasteiger partial charge in [-0.1, -0.05) is 5.16 Å². The number of aromatic nitrogens is 2. The Balaban J connectivity index is 2.24. The molecule has 14 heavy (non-hydrogen) atoms. The minimum Gasteiger partial charge on any atom is -0.334 e. The summed E-state index contributed by atoms with van der Waals surface area (Å²) in [4.78, 5) is 4.23. The molecule has 0 spiro atoms. The molecule has 6 heteroatoms. The normalized spacial score (nSPS) is 10.7. The lowest BCUT2D eigenvalue weighted by Crippen LogP contribution is -2.03. The number of halogens is 1. The molecule has 0 radical (unpaired) electrons. The van der Waals surface area contributed by atoms with E-state index >= 15 is 0 Å². The minimum atomic E-state index is 0.542. The number of rotatable bonds is 3. The Labute approximate surface area is 98.6 Å². The van der Waals surface area contributed by atoms with Crippen LogP contribution in [0.3, 0.4) is 0 Å². The zero-order chi connectivity index (χ0) is 9.97. The first-order chi connectivity index (χ1) is 6.79. The Bertz CT molecular complexity index is 426. The molecule has 74 valence electrons. The molecule has 2 heterocycles. The van der Waals surface area contributed by atoms with Crippen molar-refractivity contribution in [2.45, 2.75) is 6.42 Å².